The monoisotopic (exact) mass is 229 g/mol. The first kappa shape index (κ1) is 10.8. The van der Waals surface area contributed by atoms with Gasteiger partial charge in [0.15, 0.2) is 0 Å². The van der Waals surface area contributed by atoms with Crippen molar-refractivity contribution >= 4 is 17.8 Å². The zero-order chi connectivity index (χ0) is 12.4. The number of carbonyl (C=O) groups excluding carboxylic acids is 3. The molecule has 1 aromatic rings. The Morgan fingerprint density at radius 1 is 1.29 bits per heavy atom. The van der Waals surface area contributed by atoms with Gasteiger partial charge in [-0.25, -0.2) is 4.79 Å². The SMILES string of the molecule is N#Cc1cccc(CN2C(=O)NC(=O)C2=O)c1. The summed E-state index contributed by atoms with van der Waals surface area (Å²) in [6, 6.07) is 7.71. The fraction of sp³-hybridized carbons (Fsp3) is 0.0909. The van der Waals surface area contributed by atoms with Crippen molar-refractivity contribution in [1.29, 1.82) is 5.26 Å². The molecular weight excluding hydrogens is 222 g/mol. The topological polar surface area (TPSA) is 90.3 Å². The lowest BCUT2D eigenvalue weighted by atomic mass is 10.1. The Morgan fingerprint density at radius 2 is 2.06 bits per heavy atom. The minimum atomic E-state index is -0.925. The fourth-order valence-electron chi connectivity index (χ4n) is 1.50. The van der Waals surface area contributed by atoms with E-state index in [9.17, 15) is 14.4 Å². The maximum Gasteiger partial charge on any atom is 0.331 e. The number of benzene rings is 1. The Labute approximate surface area is 96.4 Å². The van der Waals surface area contributed by atoms with E-state index in [1.54, 1.807) is 24.3 Å². The van der Waals surface area contributed by atoms with Crippen LogP contribution in [0, 0.1) is 11.3 Å². The number of carbonyl (C=O) groups is 3. The average Bonchev–Trinajstić information content (AvgIpc) is 2.56. The highest BCUT2D eigenvalue weighted by molar-refractivity contribution is 6.44. The molecule has 1 aliphatic rings. The summed E-state index contributed by atoms with van der Waals surface area (Å²) in [6.07, 6.45) is 0. The van der Waals surface area contributed by atoms with Gasteiger partial charge in [-0.15, -0.1) is 0 Å². The third kappa shape index (κ3) is 1.99. The van der Waals surface area contributed by atoms with E-state index in [4.69, 9.17) is 5.26 Å². The summed E-state index contributed by atoms with van der Waals surface area (Å²) >= 11 is 0. The second kappa shape index (κ2) is 4.06. The van der Waals surface area contributed by atoms with Gasteiger partial charge in [-0.1, -0.05) is 12.1 Å². The summed E-state index contributed by atoms with van der Waals surface area (Å²) in [5.41, 5.74) is 1.04. The van der Waals surface area contributed by atoms with Crippen molar-refractivity contribution in [2.24, 2.45) is 0 Å². The van der Waals surface area contributed by atoms with Crippen molar-refractivity contribution in [2.45, 2.75) is 6.54 Å². The molecule has 1 aliphatic heterocycles. The van der Waals surface area contributed by atoms with Gasteiger partial charge in [0.2, 0.25) is 0 Å². The van der Waals surface area contributed by atoms with Crippen LogP contribution in [0.4, 0.5) is 4.79 Å². The van der Waals surface area contributed by atoms with Crippen LogP contribution in [0.2, 0.25) is 0 Å². The molecule has 0 spiro atoms. The summed E-state index contributed by atoms with van der Waals surface area (Å²) in [5, 5.41) is 10.6. The molecule has 0 bridgehead atoms. The number of hydrogen-bond donors (Lipinski definition) is 1. The molecule has 0 saturated carbocycles. The van der Waals surface area contributed by atoms with Crippen LogP contribution in [0.3, 0.4) is 0 Å². The first-order valence-electron chi connectivity index (χ1n) is 4.77. The molecule has 1 saturated heterocycles. The van der Waals surface area contributed by atoms with Crippen LogP contribution in [0.5, 0.6) is 0 Å². The lowest BCUT2D eigenvalue weighted by Crippen LogP contribution is -2.30. The Kier molecular flexibility index (Phi) is 2.58. The molecule has 4 amide bonds. The molecular formula is C11H7N3O3. The third-order valence-corrected chi connectivity index (χ3v) is 2.30. The highest BCUT2D eigenvalue weighted by Gasteiger charge is 2.36. The van der Waals surface area contributed by atoms with E-state index < -0.39 is 17.8 Å². The molecule has 2 rings (SSSR count). The van der Waals surface area contributed by atoms with Gasteiger partial charge in [0.05, 0.1) is 18.2 Å². The maximum atomic E-state index is 11.3. The number of nitrogens with zero attached hydrogens (tertiary/aromatic N) is 2. The Balaban J connectivity index is 2.21. The van der Waals surface area contributed by atoms with Crippen molar-refractivity contribution in [2.75, 3.05) is 0 Å². The molecule has 1 heterocycles. The molecule has 1 aromatic carbocycles. The molecule has 0 aliphatic carbocycles. The van der Waals surface area contributed by atoms with Crippen LogP contribution < -0.4 is 5.32 Å². The Bertz CT molecular complexity index is 559. The van der Waals surface area contributed by atoms with Crippen LogP contribution in [0.15, 0.2) is 24.3 Å². The lowest BCUT2D eigenvalue weighted by molar-refractivity contribution is -0.140. The standard InChI is InChI=1S/C11H7N3O3/c12-5-7-2-1-3-8(4-7)6-14-10(16)9(15)13-11(14)17/h1-4H,6H2,(H,13,15,17). The quantitative estimate of drug-likeness (QED) is 0.576. The van der Waals surface area contributed by atoms with E-state index in [-0.39, 0.29) is 6.54 Å². The first-order valence-corrected chi connectivity index (χ1v) is 4.77. The van der Waals surface area contributed by atoms with Crippen molar-refractivity contribution in [3.05, 3.63) is 35.4 Å². The number of imide groups is 2. The fourth-order valence-corrected chi connectivity index (χ4v) is 1.50. The predicted octanol–water partition coefficient (Wildman–Crippen LogP) is 0.137. The smallest absolute Gasteiger partial charge is 0.269 e. The molecule has 1 fully saturated rings. The molecule has 6 nitrogen and oxygen atoms in total. The van der Waals surface area contributed by atoms with Crippen LogP contribution in [0.25, 0.3) is 0 Å². The number of nitriles is 1. The normalized spacial score (nSPS) is 14.8. The van der Waals surface area contributed by atoms with Gasteiger partial charge in [-0.3, -0.25) is 19.8 Å². The molecule has 0 aromatic heterocycles. The summed E-state index contributed by atoms with van der Waals surface area (Å²) < 4.78 is 0. The zero-order valence-corrected chi connectivity index (χ0v) is 8.64. The third-order valence-electron chi connectivity index (χ3n) is 2.30. The van der Waals surface area contributed by atoms with Gasteiger partial charge in [-0.2, -0.15) is 5.26 Å². The van der Waals surface area contributed by atoms with Crippen molar-refractivity contribution in [3.8, 4) is 6.07 Å². The highest BCUT2D eigenvalue weighted by atomic mass is 16.2. The van der Waals surface area contributed by atoms with Gasteiger partial charge < -0.3 is 0 Å². The van der Waals surface area contributed by atoms with Crippen molar-refractivity contribution in [1.82, 2.24) is 10.2 Å². The van der Waals surface area contributed by atoms with E-state index in [2.05, 4.69) is 0 Å². The van der Waals surface area contributed by atoms with E-state index in [0.717, 1.165) is 4.90 Å². The van der Waals surface area contributed by atoms with E-state index in [0.29, 0.717) is 11.1 Å². The second-order valence-electron chi connectivity index (χ2n) is 3.46. The molecule has 6 heteroatoms. The largest absolute Gasteiger partial charge is 0.331 e. The minimum Gasteiger partial charge on any atom is -0.269 e. The van der Waals surface area contributed by atoms with Crippen LogP contribution in [-0.4, -0.2) is 22.7 Å². The van der Waals surface area contributed by atoms with Gasteiger partial charge in [0.25, 0.3) is 0 Å². The van der Waals surface area contributed by atoms with Crippen LogP contribution >= 0.6 is 0 Å². The van der Waals surface area contributed by atoms with Crippen LogP contribution in [0.1, 0.15) is 11.1 Å². The van der Waals surface area contributed by atoms with Gasteiger partial charge in [0, 0.05) is 0 Å². The van der Waals surface area contributed by atoms with E-state index in [1.807, 2.05) is 11.4 Å². The number of urea groups is 1. The lowest BCUT2D eigenvalue weighted by Gasteiger charge is -2.10. The summed E-state index contributed by atoms with van der Waals surface area (Å²) in [4.78, 5) is 34.3. The van der Waals surface area contributed by atoms with Gasteiger partial charge >= 0.3 is 17.8 Å². The second-order valence-corrected chi connectivity index (χ2v) is 3.46. The number of hydrogen-bond acceptors (Lipinski definition) is 4. The first-order chi connectivity index (χ1) is 8.11. The van der Waals surface area contributed by atoms with Gasteiger partial charge in [0.1, 0.15) is 0 Å². The predicted molar refractivity (Wildman–Crippen MR) is 55.2 cm³/mol. The zero-order valence-electron chi connectivity index (χ0n) is 8.64. The minimum absolute atomic E-state index is 0.0219. The molecule has 0 unspecified atom stereocenters. The number of amides is 4. The van der Waals surface area contributed by atoms with Crippen molar-refractivity contribution < 1.29 is 14.4 Å². The molecule has 0 atom stereocenters. The molecule has 84 valence electrons. The molecule has 17 heavy (non-hydrogen) atoms. The Hall–Kier alpha value is -2.68. The summed E-state index contributed by atoms with van der Waals surface area (Å²) in [6.45, 7) is -0.0219. The van der Waals surface area contributed by atoms with E-state index >= 15 is 0 Å². The summed E-state index contributed by atoms with van der Waals surface area (Å²) in [7, 11) is 0. The van der Waals surface area contributed by atoms with Crippen LogP contribution in [-0.2, 0) is 16.1 Å². The Morgan fingerprint density at radius 3 is 2.65 bits per heavy atom. The van der Waals surface area contributed by atoms with Crippen molar-refractivity contribution in [3.63, 3.8) is 0 Å². The molecule has 0 radical (unpaired) electrons. The summed E-state index contributed by atoms with van der Waals surface area (Å²) in [5.74, 6) is -1.80. The van der Waals surface area contributed by atoms with E-state index in [1.165, 1.54) is 0 Å². The highest BCUT2D eigenvalue weighted by Crippen LogP contribution is 2.10. The number of rotatable bonds is 2. The van der Waals surface area contributed by atoms with Gasteiger partial charge in [-0.05, 0) is 17.7 Å². The number of nitrogens with one attached hydrogen (secondary N) is 1. The average molecular weight is 229 g/mol. The maximum absolute atomic E-state index is 11.3. The molecule has 1 N–H and O–H groups in total.